The molecule has 0 aliphatic carbocycles. The van der Waals surface area contributed by atoms with Crippen LogP contribution >= 0.6 is 0 Å². The SMILES string of the molecule is Cc1c(C(=O)Nc2ccccc2C(C)C)cccc1N(C)S(C)(=O)=O. The molecule has 0 unspecified atom stereocenters. The van der Waals surface area contributed by atoms with Gasteiger partial charge in [0.05, 0.1) is 11.9 Å². The summed E-state index contributed by atoms with van der Waals surface area (Å²) in [4.78, 5) is 12.8. The molecule has 0 radical (unpaired) electrons. The van der Waals surface area contributed by atoms with Gasteiger partial charge in [-0.15, -0.1) is 0 Å². The van der Waals surface area contributed by atoms with Gasteiger partial charge in [0.15, 0.2) is 0 Å². The molecule has 0 heterocycles. The Morgan fingerprint density at radius 2 is 1.72 bits per heavy atom. The van der Waals surface area contributed by atoms with Crippen molar-refractivity contribution in [2.75, 3.05) is 22.9 Å². The summed E-state index contributed by atoms with van der Waals surface area (Å²) in [5.74, 6) is 0.0228. The molecule has 0 spiro atoms. The van der Waals surface area contributed by atoms with Crippen LogP contribution in [0, 0.1) is 6.92 Å². The van der Waals surface area contributed by atoms with Gasteiger partial charge in [-0.05, 0) is 42.2 Å². The Morgan fingerprint density at radius 3 is 2.32 bits per heavy atom. The lowest BCUT2D eigenvalue weighted by atomic mass is 10.0. The van der Waals surface area contributed by atoms with E-state index in [1.165, 1.54) is 11.4 Å². The second-order valence-electron chi connectivity index (χ2n) is 6.38. The van der Waals surface area contributed by atoms with Crippen LogP contribution in [0.2, 0.25) is 0 Å². The summed E-state index contributed by atoms with van der Waals surface area (Å²) in [5.41, 5.74) is 3.38. The largest absolute Gasteiger partial charge is 0.322 e. The lowest BCUT2D eigenvalue weighted by Gasteiger charge is -2.21. The van der Waals surface area contributed by atoms with Crippen LogP contribution in [-0.2, 0) is 10.0 Å². The number of rotatable bonds is 5. The molecule has 1 amide bonds. The van der Waals surface area contributed by atoms with Crippen molar-refractivity contribution in [3.05, 3.63) is 59.2 Å². The average Bonchev–Trinajstić information content (AvgIpc) is 2.53. The number of sulfonamides is 1. The average molecular weight is 360 g/mol. The number of carbonyl (C=O) groups excluding carboxylic acids is 1. The van der Waals surface area contributed by atoms with E-state index < -0.39 is 10.0 Å². The normalized spacial score (nSPS) is 11.4. The van der Waals surface area contributed by atoms with E-state index in [1.54, 1.807) is 25.1 Å². The molecule has 5 nitrogen and oxygen atoms in total. The maximum atomic E-state index is 12.8. The number of nitrogens with zero attached hydrogens (tertiary/aromatic N) is 1. The van der Waals surface area contributed by atoms with Crippen LogP contribution in [0.25, 0.3) is 0 Å². The summed E-state index contributed by atoms with van der Waals surface area (Å²) in [6.45, 7) is 5.89. The summed E-state index contributed by atoms with van der Waals surface area (Å²) in [6.07, 6.45) is 1.14. The van der Waals surface area contributed by atoms with E-state index in [4.69, 9.17) is 0 Å². The highest BCUT2D eigenvalue weighted by Crippen LogP contribution is 2.27. The molecule has 0 saturated heterocycles. The highest BCUT2D eigenvalue weighted by atomic mass is 32.2. The molecule has 1 N–H and O–H groups in total. The molecule has 0 fully saturated rings. The number of amides is 1. The molecule has 0 aromatic heterocycles. The highest BCUT2D eigenvalue weighted by Gasteiger charge is 2.19. The van der Waals surface area contributed by atoms with Gasteiger partial charge in [-0.25, -0.2) is 8.42 Å². The standard InChI is InChI=1S/C19H24N2O3S/c1-13(2)15-9-6-7-11-17(15)20-19(22)16-10-8-12-18(14(16)3)21(4)25(5,23)24/h6-13H,1-5H3,(H,20,22). The highest BCUT2D eigenvalue weighted by molar-refractivity contribution is 7.92. The third-order valence-corrected chi connectivity index (χ3v) is 5.41. The van der Waals surface area contributed by atoms with Gasteiger partial charge in [0.25, 0.3) is 5.91 Å². The van der Waals surface area contributed by atoms with Gasteiger partial charge in [0, 0.05) is 18.3 Å². The van der Waals surface area contributed by atoms with Crippen LogP contribution in [0.15, 0.2) is 42.5 Å². The topological polar surface area (TPSA) is 66.5 Å². The number of hydrogen-bond donors (Lipinski definition) is 1. The van der Waals surface area contributed by atoms with E-state index in [0.717, 1.165) is 17.5 Å². The van der Waals surface area contributed by atoms with Gasteiger partial charge in [-0.3, -0.25) is 9.10 Å². The number of benzene rings is 2. The molecule has 0 atom stereocenters. The lowest BCUT2D eigenvalue weighted by Crippen LogP contribution is -2.26. The number of anilines is 2. The first-order valence-electron chi connectivity index (χ1n) is 8.06. The van der Waals surface area contributed by atoms with Gasteiger partial charge in [-0.1, -0.05) is 38.1 Å². The zero-order chi connectivity index (χ0) is 18.8. The predicted octanol–water partition coefficient (Wildman–Crippen LogP) is 3.77. The van der Waals surface area contributed by atoms with Crippen LogP contribution in [0.4, 0.5) is 11.4 Å². The number of hydrogen-bond acceptors (Lipinski definition) is 3. The van der Waals surface area contributed by atoms with E-state index in [0.29, 0.717) is 16.8 Å². The van der Waals surface area contributed by atoms with Crippen molar-refractivity contribution in [1.82, 2.24) is 0 Å². The molecule has 0 saturated carbocycles. The Bertz CT molecular complexity index is 889. The van der Waals surface area contributed by atoms with Crippen molar-refractivity contribution in [2.45, 2.75) is 26.7 Å². The van der Waals surface area contributed by atoms with Gasteiger partial charge >= 0.3 is 0 Å². The van der Waals surface area contributed by atoms with Crippen molar-refractivity contribution < 1.29 is 13.2 Å². The molecule has 2 aromatic rings. The first-order chi connectivity index (χ1) is 11.6. The first-order valence-corrected chi connectivity index (χ1v) is 9.91. The smallest absolute Gasteiger partial charge is 0.256 e. The second kappa shape index (κ2) is 7.27. The fraction of sp³-hybridized carbons (Fsp3) is 0.316. The van der Waals surface area contributed by atoms with Gasteiger partial charge in [0.2, 0.25) is 10.0 Å². The minimum Gasteiger partial charge on any atom is -0.322 e. The van der Waals surface area contributed by atoms with Gasteiger partial charge in [0.1, 0.15) is 0 Å². The van der Waals surface area contributed by atoms with Crippen LogP contribution in [0.5, 0.6) is 0 Å². The quantitative estimate of drug-likeness (QED) is 0.883. The summed E-state index contributed by atoms with van der Waals surface area (Å²) < 4.78 is 24.8. The lowest BCUT2D eigenvalue weighted by molar-refractivity contribution is 0.102. The van der Waals surface area contributed by atoms with Crippen molar-refractivity contribution >= 4 is 27.3 Å². The molecule has 0 aliphatic heterocycles. The first kappa shape index (κ1) is 19.0. The van der Waals surface area contributed by atoms with E-state index in [-0.39, 0.29) is 11.8 Å². The molecule has 2 rings (SSSR count). The zero-order valence-electron chi connectivity index (χ0n) is 15.2. The second-order valence-corrected chi connectivity index (χ2v) is 8.39. The summed E-state index contributed by atoms with van der Waals surface area (Å²) in [7, 11) is -1.92. The van der Waals surface area contributed by atoms with Crippen LogP contribution in [0.3, 0.4) is 0 Å². The third kappa shape index (κ3) is 4.20. The maximum absolute atomic E-state index is 12.8. The monoisotopic (exact) mass is 360 g/mol. The van der Waals surface area contributed by atoms with Crippen molar-refractivity contribution in [3.8, 4) is 0 Å². The zero-order valence-corrected chi connectivity index (χ0v) is 16.0. The molecule has 0 bridgehead atoms. The fourth-order valence-electron chi connectivity index (χ4n) is 2.69. The molecular formula is C19H24N2O3S. The molecule has 25 heavy (non-hydrogen) atoms. The Balaban J connectivity index is 2.39. The Hall–Kier alpha value is -2.34. The summed E-state index contributed by atoms with van der Waals surface area (Å²) in [6, 6.07) is 12.8. The van der Waals surface area contributed by atoms with E-state index in [2.05, 4.69) is 19.2 Å². The predicted molar refractivity (Wildman–Crippen MR) is 103 cm³/mol. The van der Waals surface area contributed by atoms with Crippen molar-refractivity contribution in [2.24, 2.45) is 0 Å². The van der Waals surface area contributed by atoms with E-state index in [1.807, 2.05) is 24.3 Å². The molecule has 134 valence electrons. The van der Waals surface area contributed by atoms with E-state index in [9.17, 15) is 13.2 Å². The van der Waals surface area contributed by atoms with Crippen LogP contribution in [-0.4, -0.2) is 27.6 Å². The molecule has 0 aliphatic rings. The minimum absolute atomic E-state index is 0.255. The molecule has 2 aromatic carbocycles. The minimum atomic E-state index is -3.40. The van der Waals surface area contributed by atoms with Crippen LogP contribution < -0.4 is 9.62 Å². The third-order valence-electron chi connectivity index (χ3n) is 4.22. The Labute approximate surface area is 149 Å². The maximum Gasteiger partial charge on any atom is 0.256 e. The van der Waals surface area contributed by atoms with Crippen molar-refractivity contribution in [3.63, 3.8) is 0 Å². The van der Waals surface area contributed by atoms with Crippen LogP contribution in [0.1, 0.15) is 41.3 Å². The summed E-state index contributed by atoms with van der Waals surface area (Å²) in [5, 5.41) is 2.95. The summed E-state index contributed by atoms with van der Waals surface area (Å²) >= 11 is 0. The van der Waals surface area contributed by atoms with Crippen molar-refractivity contribution in [1.29, 1.82) is 0 Å². The molecule has 6 heteroatoms. The fourth-order valence-corrected chi connectivity index (χ4v) is 3.25. The van der Waals surface area contributed by atoms with Gasteiger partial charge < -0.3 is 5.32 Å². The number of carbonyl (C=O) groups is 1. The molecular weight excluding hydrogens is 336 g/mol. The van der Waals surface area contributed by atoms with E-state index >= 15 is 0 Å². The number of nitrogens with one attached hydrogen (secondary N) is 1. The Kier molecular flexibility index (Phi) is 5.52. The number of para-hydroxylation sites is 1. The van der Waals surface area contributed by atoms with Gasteiger partial charge in [-0.2, -0.15) is 0 Å². The Morgan fingerprint density at radius 1 is 1.08 bits per heavy atom.